The largest absolute Gasteiger partial charge is 0.481 e. The Bertz CT molecular complexity index is 657. The van der Waals surface area contributed by atoms with E-state index in [2.05, 4.69) is 15.9 Å². The van der Waals surface area contributed by atoms with Gasteiger partial charge in [0.2, 0.25) is 0 Å². The molecule has 5 heteroatoms. The zero-order chi connectivity index (χ0) is 12.6. The average molecular weight is 297 g/mol. The van der Waals surface area contributed by atoms with Crippen molar-refractivity contribution in [3.8, 4) is 0 Å². The number of aryl methyl sites for hydroxylation is 1. The summed E-state index contributed by atoms with van der Waals surface area (Å²) in [5.74, 6) is -0.495. The minimum absolute atomic E-state index is 0.170. The van der Waals surface area contributed by atoms with Crippen LogP contribution in [0.5, 0.6) is 0 Å². The molecule has 2 rings (SSSR count). The minimum Gasteiger partial charge on any atom is -0.481 e. The number of hydrogen-bond acceptors (Lipinski definition) is 3. The highest BCUT2D eigenvalue weighted by Crippen LogP contribution is 2.23. The maximum absolute atomic E-state index is 11.8. The third kappa shape index (κ3) is 2.39. The molecular weight excluding hydrogens is 288 g/mol. The fourth-order valence-corrected chi connectivity index (χ4v) is 2.21. The second-order valence-corrected chi connectivity index (χ2v) is 4.65. The Balaban J connectivity index is 2.82. The van der Waals surface area contributed by atoms with Gasteiger partial charge in [-0.2, -0.15) is 0 Å². The molecule has 4 nitrogen and oxygen atoms in total. The minimum atomic E-state index is -0.964. The van der Waals surface area contributed by atoms with Crippen molar-refractivity contribution < 1.29 is 14.3 Å². The molecular formula is C12H9BrO4. The number of carboxylic acids is 1. The Hall–Kier alpha value is -1.62. The molecule has 17 heavy (non-hydrogen) atoms. The van der Waals surface area contributed by atoms with Crippen LogP contribution >= 0.6 is 15.9 Å². The van der Waals surface area contributed by atoms with Crippen molar-refractivity contribution in [3.05, 3.63) is 44.2 Å². The molecule has 88 valence electrons. The number of aliphatic carboxylic acids is 1. The monoisotopic (exact) mass is 296 g/mol. The van der Waals surface area contributed by atoms with Crippen molar-refractivity contribution >= 4 is 32.9 Å². The summed E-state index contributed by atoms with van der Waals surface area (Å²) in [6, 6.07) is 4.67. The second kappa shape index (κ2) is 4.33. The van der Waals surface area contributed by atoms with Crippen molar-refractivity contribution in [2.24, 2.45) is 0 Å². The first-order valence-corrected chi connectivity index (χ1v) is 5.71. The lowest BCUT2D eigenvalue weighted by atomic mass is 10.1. The number of rotatable bonds is 2. The predicted octanol–water partition coefficient (Wildman–Crippen LogP) is 2.49. The highest BCUT2D eigenvalue weighted by atomic mass is 79.9. The van der Waals surface area contributed by atoms with Crippen LogP contribution in [0.25, 0.3) is 11.0 Å². The van der Waals surface area contributed by atoms with E-state index in [-0.39, 0.29) is 11.8 Å². The molecule has 0 unspecified atom stereocenters. The van der Waals surface area contributed by atoms with Crippen LogP contribution in [0.2, 0.25) is 0 Å². The summed E-state index contributed by atoms with van der Waals surface area (Å²) in [7, 11) is 0. The van der Waals surface area contributed by atoms with Gasteiger partial charge in [-0.05, 0) is 19.1 Å². The number of carbonyl (C=O) groups is 1. The highest BCUT2D eigenvalue weighted by molar-refractivity contribution is 9.10. The van der Waals surface area contributed by atoms with E-state index < -0.39 is 5.97 Å². The highest BCUT2D eigenvalue weighted by Gasteiger charge is 2.12. The Morgan fingerprint density at radius 2 is 2.12 bits per heavy atom. The van der Waals surface area contributed by atoms with E-state index in [1.807, 2.05) is 0 Å². The van der Waals surface area contributed by atoms with E-state index in [4.69, 9.17) is 9.52 Å². The van der Waals surface area contributed by atoms with E-state index in [0.717, 1.165) is 0 Å². The number of halogens is 1. The number of carboxylic acid groups (broad SMARTS) is 1. The van der Waals surface area contributed by atoms with E-state index >= 15 is 0 Å². The molecule has 0 spiro atoms. The van der Waals surface area contributed by atoms with E-state index in [1.54, 1.807) is 19.1 Å². The van der Waals surface area contributed by atoms with E-state index in [9.17, 15) is 9.59 Å². The Labute approximate surface area is 105 Å². The molecule has 0 amide bonds. The molecule has 0 atom stereocenters. The van der Waals surface area contributed by atoms with Crippen LogP contribution < -0.4 is 5.43 Å². The fraction of sp³-hybridized carbons (Fsp3) is 0.167. The number of fused-ring (bicyclic) bond motifs is 1. The van der Waals surface area contributed by atoms with Crippen molar-refractivity contribution in [1.29, 1.82) is 0 Å². The molecule has 1 N–H and O–H groups in total. The lowest BCUT2D eigenvalue weighted by molar-refractivity contribution is -0.136. The summed E-state index contributed by atoms with van der Waals surface area (Å²) in [5.41, 5.74) is 0.667. The van der Waals surface area contributed by atoms with E-state index in [1.165, 1.54) is 6.07 Å². The summed E-state index contributed by atoms with van der Waals surface area (Å²) in [6.45, 7) is 1.66. The number of hydrogen-bond donors (Lipinski definition) is 1. The summed E-state index contributed by atoms with van der Waals surface area (Å²) in [4.78, 5) is 22.5. The molecule has 1 aromatic carbocycles. The normalized spacial score (nSPS) is 10.7. The van der Waals surface area contributed by atoms with Gasteiger partial charge in [0.25, 0.3) is 0 Å². The molecule has 1 heterocycles. The Morgan fingerprint density at radius 1 is 1.41 bits per heavy atom. The van der Waals surface area contributed by atoms with Crippen LogP contribution in [0.4, 0.5) is 0 Å². The molecule has 1 aromatic heterocycles. The first-order valence-electron chi connectivity index (χ1n) is 4.92. The summed E-state index contributed by atoms with van der Waals surface area (Å²) >= 11 is 3.25. The quantitative estimate of drug-likeness (QED) is 0.924. The van der Waals surface area contributed by atoms with Gasteiger partial charge >= 0.3 is 5.97 Å². The predicted molar refractivity (Wildman–Crippen MR) is 66.3 cm³/mol. The third-order valence-corrected chi connectivity index (χ3v) is 2.79. The Morgan fingerprint density at radius 3 is 2.76 bits per heavy atom. The van der Waals surface area contributed by atoms with Crippen molar-refractivity contribution in [2.45, 2.75) is 13.3 Å². The van der Waals surface area contributed by atoms with Crippen LogP contribution in [-0.2, 0) is 11.2 Å². The molecule has 0 aliphatic rings. The van der Waals surface area contributed by atoms with Gasteiger partial charge in [-0.25, -0.2) is 0 Å². The first kappa shape index (κ1) is 11.9. The summed E-state index contributed by atoms with van der Waals surface area (Å²) < 4.78 is 6.11. The first-order chi connectivity index (χ1) is 7.97. The smallest absolute Gasteiger partial charge is 0.307 e. The van der Waals surface area contributed by atoms with Gasteiger partial charge < -0.3 is 9.52 Å². The SMILES string of the molecule is Cc1cc(=O)c2cc(Br)cc(CC(=O)O)c2o1. The zero-order valence-corrected chi connectivity index (χ0v) is 10.6. The van der Waals surface area contributed by atoms with Gasteiger partial charge in [0.05, 0.1) is 11.8 Å². The molecule has 0 bridgehead atoms. The molecule has 0 saturated carbocycles. The van der Waals surface area contributed by atoms with Gasteiger partial charge in [-0.15, -0.1) is 0 Å². The maximum atomic E-state index is 11.8. The lowest BCUT2D eigenvalue weighted by Crippen LogP contribution is -2.05. The molecule has 0 aliphatic carbocycles. The van der Waals surface area contributed by atoms with Crippen LogP contribution in [0.1, 0.15) is 11.3 Å². The topological polar surface area (TPSA) is 67.5 Å². The van der Waals surface area contributed by atoms with E-state index in [0.29, 0.717) is 26.8 Å². The fourth-order valence-electron chi connectivity index (χ4n) is 1.70. The van der Waals surface area contributed by atoms with Crippen LogP contribution in [0.3, 0.4) is 0 Å². The zero-order valence-electron chi connectivity index (χ0n) is 8.99. The standard InChI is InChI=1S/C12H9BrO4/c1-6-2-10(14)9-5-8(13)3-7(4-11(15)16)12(9)17-6/h2-3,5H,4H2,1H3,(H,15,16). The van der Waals surface area contributed by atoms with Crippen molar-refractivity contribution in [2.75, 3.05) is 0 Å². The van der Waals surface area contributed by atoms with Gasteiger partial charge in [0.1, 0.15) is 11.3 Å². The van der Waals surface area contributed by atoms with Crippen molar-refractivity contribution in [1.82, 2.24) is 0 Å². The molecule has 0 aliphatic heterocycles. The summed E-state index contributed by atoms with van der Waals surface area (Å²) in [6.07, 6.45) is -0.178. The summed E-state index contributed by atoms with van der Waals surface area (Å²) in [5, 5.41) is 9.21. The third-order valence-electron chi connectivity index (χ3n) is 2.34. The molecule has 0 radical (unpaired) electrons. The molecule has 2 aromatic rings. The maximum Gasteiger partial charge on any atom is 0.307 e. The van der Waals surface area contributed by atoms with Gasteiger partial charge in [-0.1, -0.05) is 15.9 Å². The molecule has 0 fully saturated rings. The van der Waals surface area contributed by atoms with Crippen LogP contribution in [0, 0.1) is 6.92 Å². The second-order valence-electron chi connectivity index (χ2n) is 3.73. The van der Waals surface area contributed by atoms with Gasteiger partial charge in [0, 0.05) is 16.1 Å². The van der Waals surface area contributed by atoms with Gasteiger partial charge in [-0.3, -0.25) is 9.59 Å². The van der Waals surface area contributed by atoms with Gasteiger partial charge in [0.15, 0.2) is 5.43 Å². The average Bonchev–Trinajstić information content (AvgIpc) is 2.19. The Kier molecular flexibility index (Phi) is 3.02. The van der Waals surface area contributed by atoms with Crippen LogP contribution in [0.15, 0.2) is 31.9 Å². The van der Waals surface area contributed by atoms with Crippen LogP contribution in [-0.4, -0.2) is 11.1 Å². The van der Waals surface area contributed by atoms with Crippen molar-refractivity contribution in [3.63, 3.8) is 0 Å². The molecule has 0 saturated heterocycles. The number of benzene rings is 1. The lowest BCUT2D eigenvalue weighted by Gasteiger charge is -2.05.